The third-order valence-electron chi connectivity index (χ3n) is 1.87. The molecule has 1 fully saturated rings. The summed E-state index contributed by atoms with van der Waals surface area (Å²) in [6.07, 6.45) is 0.512. The standard InChI is InChI=1S/C9H18N2O2/c1-7(2)11-9(12)5-8-6-10-3-4-13-8/h7-8,10H,3-6H2,1-2H3,(H,11,12)/t8-/m0/s1. The highest BCUT2D eigenvalue weighted by atomic mass is 16.5. The molecule has 0 unspecified atom stereocenters. The van der Waals surface area contributed by atoms with Crippen LogP contribution in [0.1, 0.15) is 20.3 Å². The molecule has 1 aliphatic rings. The van der Waals surface area contributed by atoms with Gasteiger partial charge in [-0.15, -0.1) is 0 Å². The molecule has 1 rings (SSSR count). The lowest BCUT2D eigenvalue weighted by molar-refractivity contribution is -0.124. The van der Waals surface area contributed by atoms with Crippen molar-refractivity contribution < 1.29 is 9.53 Å². The molecule has 1 saturated heterocycles. The number of morpholine rings is 1. The Bertz CT molecular complexity index is 165. The smallest absolute Gasteiger partial charge is 0.222 e. The van der Waals surface area contributed by atoms with Crippen molar-refractivity contribution in [1.82, 2.24) is 10.6 Å². The molecule has 76 valence electrons. The van der Waals surface area contributed by atoms with Crippen molar-refractivity contribution in [2.45, 2.75) is 32.4 Å². The lowest BCUT2D eigenvalue weighted by Crippen LogP contribution is -2.42. The topological polar surface area (TPSA) is 50.4 Å². The van der Waals surface area contributed by atoms with Crippen LogP contribution in [-0.4, -0.2) is 37.7 Å². The van der Waals surface area contributed by atoms with Gasteiger partial charge in [-0.05, 0) is 13.8 Å². The highest BCUT2D eigenvalue weighted by Crippen LogP contribution is 2.01. The van der Waals surface area contributed by atoms with Crippen LogP contribution in [-0.2, 0) is 9.53 Å². The Kier molecular flexibility index (Phi) is 4.18. The molecule has 0 aromatic heterocycles. The average molecular weight is 186 g/mol. The van der Waals surface area contributed by atoms with Crippen molar-refractivity contribution in [3.05, 3.63) is 0 Å². The van der Waals surface area contributed by atoms with Crippen molar-refractivity contribution in [3.8, 4) is 0 Å². The summed E-state index contributed by atoms with van der Waals surface area (Å²) in [5.41, 5.74) is 0. The van der Waals surface area contributed by atoms with Crippen LogP contribution in [0.4, 0.5) is 0 Å². The molecule has 4 heteroatoms. The van der Waals surface area contributed by atoms with E-state index >= 15 is 0 Å². The van der Waals surface area contributed by atoms with Gasteiger partial charge in [-0.3, -0.25) is 4.79 Å². The van der Waals surface area contributed by atoms with Gasteiger partial charge in [0, 0.05) is 19.1 Å². The van der Waals surface area contributed by atoms with Crippen LogP contribution in [0.5, 0.6) is 0 Å². The van der Waals surface area contributed by atoms with Gasteiger partial charge in [-0.2, -0.15) is 0 Å². The van der Waals surface area contributed by atoms with Crippen LogP contribution in [0.25, 0.3) is 0 Å². The second-order valence-electron chi connectivity index (χ2n) is 3.62. The maximum absolute atomic E-state index is 11.3. The van der Waals surface area contributed by atoms with Gasteiger partial charge < -0.3 is 15.4 Å². The fourth-order valence-corrected chi connectivity index (χ4v) is 1.34. The predicted octanol–water partition coefficient (Wildman–Crippen LogP) is -0.111. The lowest BCUT2D eigenvalue weighted by Gasteiger charge is -2.23. The largest absolute Gasteiger partial charge is 0.375 e. The highest BCUT2D eigenvalue weighted by molar-refractivity contribution is 5.76. The predicted molar refractivity (Wildman–Crippen MR) is 50.5 cm³/mol. The molecule has 1 heterocycles. The summed E-state index contributed by atoms with van der Waals surface area (Å²) in [5.74, 6) is 0.0729. The minimum atomic E-state index is 0.0486. The summed E-state index contributed by atoms with van der Waals surface area (Å²) in [7, 11) is 0. The van der Waals surface area contributed by atoms with E-state index in [0.29, 0.717) is 13.0 Å². The molecule has 2 N–H and O–H groups in total. The number of rotatable bonds is 3. The zero-order chi connectivity index (χ0) is 9.68. The normalized spacial score (nSPS) is 23.2. The first kappa shape index (κ1) is 10.5. The molecule has 1 aliphatic heterocycles. The fraction of sp³-hybridized carbons (Fsp3) is 0.889. The van der Waals surface area contributed by atoms with Crippen molar-refractivity contribution in [3.63, 3.8) is 0 Å². The molecule has 0 bridgehead atoms. The molecule has 0 aromatic rings. The molecule has 1 atom stereocenters. The third-order valence-corrected chi connectivity index (χ3v) is 1.87. The lowest BCUT2D eigenvalue weighted by atomic mass is 10.2. The molecule has 4 nitrogen and oxygen atoms in total. The van der Waals surface area contributed by atoms with E-state index < -0.39 is 0 Å². The third kappa shape index (κ3) is 4.24. The number of amides is 1. The minimum absolute atomic E-state index is 0.0486. The summed E-state index contributed by atoms with van der Waals surface area (Å²) in [4.78, 5) is 11.3. The molecule has 0 radical (unpaired) electrons. The van der Waals surface area contributed by atoms with Gasteiger partial charge >= 0.3 is 0 Å². The minimum Gasteiger partial charge on any atom is -0.375 e. The highest BCUT2D eigenvalue weighted by Gasteiger charge is 2.17. The summed E-state index contributed by atoms with van der Waals surface area (Å²) in [6, 6.07) is 0.212. The van der Waals surface area contributed by atoms with Gasteiger partial charge in [-0.1, -0.05) is 0 Å². The second-order valence-corrected chi connectivity index (χ2v) is 3.62. The van der Waals surface area contributed by atoms with Crippen molar-refractivity contribution >= 4 is 5.91 Å². The maximum Gasteiger partial charge on any atom is 0.222 e. The monoisotopic (exact) mass is 186 g/mol. The van der Waals surface area contributed by atoms with E-state index in [1.54, 1.807) is 0 Å². The van der Waals surface area contributed by atoms with Gasteiger partial charge in [0.2, 0.25) is 5.91 Å². The second kappa shape index (κ2) is 5.19. The Morgan fingerprint density at radius 2 is 2.46 bits per heavy atom. The summed E-state index contributed by atoms with van der Waals surface area (Å²) in [6.45, 7) is 6.29. The molecular weight excluding hydrogens is 168 g/mol. The molecule has 0 spiro atoms. The van der Waals surface area contributed by atoms with Gasteiger partial charge in [0.1, 0.15) is 0 Å². The summed E-state index contributed by atoms with van der Waals surface area (Å²) in [5, 5.41) is 6.03. The van der Waals surface area contributed by atoms with Crippen LogP contribution in [0.2, 0.25) is 0 Å². The van der Waals surface area contributed by atoms with E-state index in [9.17, 15) is 4.79 Å². The molecule has 0 saturated carbocycles. The van der Waals surface area contributed by atoms with Crippen LogP contribution < -0.4 is 10.6 Å². The number of carbonyl (C=O) groups is 1. The number of hydrogen-bond acceptors (Lipinski definition) is 3. The van der Waals surface area contributed by atoms with E-state index in [4.69, 9.17) is 4.74 Å². The van der Waals surface area contributed by atoms with Crippen molar-refractivity contribution in [2.24, 2.45) is 0 Å². The first-order chi connectivity index (χ1) is 6.18. The van der Waals surface area contributed by atoms with Crippen LogP contribution >= 0.6 is 0 Å². The molecule has 0 aromatic carbocycles. The summed E-state index contributed by atoms with van der Waals surface area (Å²) < 4.78 is 5.41. The van der Waals surface area contributed by atoms with E-state index in [1.807, 2.05) is 13.8 Å². The van der Waals surface area contributed by atoms with E-state index in [1.165, 1.54) is 0 Å². The van der Waals surface area contributed by atoms with Crippen LogP contribution in [0.3, 0.4) is 0 Å². The fourth-order valence-electron chi connectivity index (χ4n) is 1.34. The SMILES string of the molecule is CC(C)NC(=O)C[C@H]1CNCCO1. The molecule has 13 heavy (non-hydrogen) atoms. The van der Waals surface area contributed by atoms with E-state index in [-0.39, 0.29) is 18.1 Å². The zero-order valence-corrected chi connectivity index (χ0v) is 8.30. The van der Waals surface area contributed by atoms with Crippen LogP contribution in [0, 0.1) is 0 Å². The number of ether oxygens (including phenoxy) is 1. The van der Waals surface area contributed by atoms with Gasteiger partial charge in [0.05, 0.1) is 19.1 Å². The van der Waals surface area contributed by atoms with E-state index in [0.717, 1.165) is 13.1 Å². The van der Waals surface area contributed by atoms with Gasteiger partial charge in [-0.25, -0.2) is 0 Å². The molecule has 1 amide bonds. The van der Waals surface area contributed by atoms with E-state index in [2.05, 4.69) is 10.6 Å². The Morgan fingerprint density at radius 3 is 3.00 bits per heavy atom. The Balaban J connectivity index is 2.18. The number of nitrogens with one attached hydrogen (secondary N) is 2. The Morgan fingerprint density at radius 1 is 1.69 bits per heavy atom. The van der Waals surface area contributed by atoms with Gasteiger partial charge in [0.15, 0.2) is 0 Å². The first-order valence-corrected chi connectivity index (χ1v) is 4.80. The Labute approximate surface area is 79.0 Å². The Hall–Kier alpha value is -0.610. The van der Waals surface area contributed by atoms with Crippen LogP contribution in [0.15, 0.2) is 0 Å². The van der Waals surface area contributed by atoms with Gasteiger partial charge in [0.25, 0.3) is 0 Å². The van der Waals surface area contributed by atoms with Crippen molar-refractivity contribution in [2.75, 3.05) is 19.7 Å². The average Bonchev–Trinajstić information content (AvgIpc) is 2.04. The zero-order valence-electron chi connectivity index (χ0n) is 8.30. The number of carbonyl (C=O) groups excluding carboxylic acids is 1. The maximum atomic E-state index is 11.3. The first-order valence-electron chi connectivity index (χ1n) is 4.80. The molecule has 0 aliphatic carbocycles. The number of hydrogen-bond donors (Lipinski definition) is 2. The summed E-state index contributed by atoms with van der Waals surface area (Å²) >= 11 is 0. The molecular formula is C9H18N2O2. The quantitative estimate of drug-likeness (QED) is 0.646. The van der Waals surface area contributed by atoms with Crippen molar-refractivity contribution in [1.29, 1.82) is 0 Å².